The normalized spacial score (nSPS) is 13.9. The summed E-state index contributed by atoms with van der Waals surface area (Å²) in [6.07, 6.45) is 2.47. The third-order valence-corrected chi connectivity index (χ3v) is 7.61. The van der Waals surface area contributed by atoms with Crippen molar-refractivity contribution < 1.29 is 4.79 Å². The predicted molar refractivity (Wildman–Crippen MR) is 133 cm³/mol. The van der Waals surface area contributed by atoms with Crippen LogP contribution in [0.4, 0.5) is 0 Å². The van der Waals surface area contributed by atoms with Crippen LogP contribution in [0.5, 0.6) is 0 Å². The fraction of sp³-hybridized carbons (Fsp3) is 0.292. The lowest BCUT2D eigenvalue weighted by atomic mass is 10.2. The van der Waals surface area contributed by atoms with Gasteiger partial charge >= 0.3 is 0 Å². The highest BCUT2D eigenvalue weighted by atomic mass is 32.2. The summed E-state index contributed by atoms with van der Waals surface area (Å²) in [7, 11) is 0. The van der Waals surface area contributed by atoms with Gasteiger partial charge in [0, 0.05) is 12.2 Å². The minimum absolute atomic E-state index is 0.210. The Morgan fingerprint density at radius 2 is 1.68 bits per heavy atom. The van der Waals surface area contributed by atoms with E-state index in [0.29, 0.717) is 17.3 Å². The Morgan fingerprint density at radius 1 is 0.941 bits per heavy atom. The van der Waals surface area contributed by atoms with Crippen molar-refractivity contribution in [3.8, 4) is 5.69 Å². The number of aromatic nitrogens is 5. The molecule has 4 aromatic rings. The first-order chi connectivity index (χ1) is 16.8. The van der Waals surface area contributed by atoms with Gasteiger partial charge in [-0.2, -0.15) is 0 Å². The van der Waals surface area contributed by atoms with Gasteiger partial charge in [-0.1, -0.05) is 71.6 Å². The number of hydrogen-bond acceptors (Lipinski definition) is 8. The highest BCUT2D eigenvalue weighted by Gasteiger charge is 2.20. The number of amides is 1. The zero-order chi connectivity index (χ0) is 23.2. The smallest absolute Gasteiger partial charge is 0.282 e. The Kier molecular flexibility index (Phi) is 7.28. The Bertz CT molecular complexity index is 1220. The van der Waals surface area contributed by atoms with E-state index in [-0.39, 0.29) is 5.91 Å². The molecule has 1 saturated heterocycles. The highest BCUT2D eigenvalue weighted by Crippen LogP contribution is 2.27. The van der Waals surface area contributed by atoms with E-state index in [2.05, 4.69) is 47.3 Å². The van der Waals surface area contributed by atoms with E-state index in [1.165, 1.54) is 24.2 Å². The number of nitrogens with zero attached hydrogens (tertiary/aromatic N) is 6. The van der Waals surface area contributed by atoms with Crippen LogP contribution in [0.2, 0.25) is 0 Å². The highest BCUT2D eigenvalue weighted by molar-refractivity contribution is 7.98. The summed E-state index contributed by atoms with van der Waals surface area (Å²) < 4.78 is 2.12. The summed E-state index contributed by atoms with van der Waals surface area (Å²) >= 11 is 2.87. The fourth-order valence-corrected chi connectivity index (χ4v) is 5.57. The number of nitrogens with one attached hydrogen (secondary N) is 1. The van der Waals surface area contributed by atoms with E-state index < -0.39 is 0 Å². The molecule has 2 aromatic carbocycles. The van der Waals surface area contributed by atoms with Crippen molar-refractivity contribution in [2.24, 2.45) is 0 Å². The molecule has 3 heterocycles. The number of carbonyl (C=O) groups excluding carboxylic acids is 1. The number of thioether (sulfide) groups is 1. The van der Waals surface area contributed by atoms with Gasteiger partial charge in [0.2, 0.25) is 5.01 Å². The molecule has 1 aliphatic heterocycles. The molecular formula is C24H25N7OS2. The number of carbonyl (C=O) groups is 1. The first kappa shape index (κ1) is 22.7. The molecular weight excluding hydrogens is 466 g/mol. The zero-order valence-corrected chi connectivity index (χ0v) is 20.3. The Labute approximate surface area is 206 Å². The quantitative estimate of drug-likeness (QED) is 0.355. The van der Waals surface area contributed by atoms with Crippen LogP contribution in [-0.2, 0) is 18.8 Å². The predicted octanol–water partition coefficient (Wildman–Crippen LogP) is 3.94. The Morgan fingerprint density at radius 3 is 2.44 bits per heavy atom. The molecule has 5 rings (SSSR count). The molecule has 0 atom stereocenters. The van der Waals surface area contributed by atoms with Crippen molar-refractivity contribution in [1.29, 1.82) is 0 Å². The summed E-state index contributed by atoms with van der Waals surface area (Å²) in [6, 6.07) is 20.0. The number of benzene rings is 2. The third-order valence-electron chi connectivity index (χ3n) is 5.56. The van der Waals surface area contributed by atoms with Gasteiger partial charge in [-0.3, -0.25) is 14.3 Å². The maximum Gasteiger partial charge on any atom is 0.282 e. The molecule has 34 heavy (non-hydrogen) atoms. The number of hydrogen-bond donors (Lipinski definition) is 1. The van der Waals surface area contributed by atoms with E-state index in [1.807, 2.05) is 48.5 Å². The lowest BCUT2D eigenvalue weighted by Gasteiger charge is -2.15. The van der Waals surface area contributed by atoms with Gasteiger partial charge in [-0.15, -0.1) is 20.4 Å². The lowest BCUT2D eigenvalue weighted by molar-refractivity contribution is 0.0950. The van der Waals surface area contributed by atoms with Crippen molar-refractivity contribution in [2.45, 2.75) is 36.8 Å². The van der Waals surface area contributed by atoms with Crippen LogP contribution in [0.1, 0.15) is 39.0 Å². The van der Waals surface area contributed by atoms with E-state index >= 15 is 0 Å². The van der Waals surface area contributed by atoms with E-state index in [9.17, 15) is 4.79 Å². The molecule has 0 unspecified atom stereocenters. The molecule has 0 spiro atoms. The van der Waals surface area contributed by atoms with Gasteiger partial charge < -0.3 is 5.32 Å². The summed E-state index contributed by atoms with van der Waals surface area (Å²) in [4.78, 5) is 14.9. The molecule has 1 N–H and O–H groups in total. The van der Waals surface area contributed by atoms with Crippen molar-refractivity contribution >= 4 is 29.0 Å². The van der Waals surface area contributed by atoms with Gasteiger partial charge in [0.1, 0.15) is 5.01 Å². The SMILES string of the molecule is O=C(NCc1ccccc1)c1nnc(CSc2nnc(CN3CCCC3)n2-c2ccccc2)s1. The molecule has 2 aromatic heterocycles. The third kappa shape index (κ3) is 5.52. The van der Waals surface area contributed by atoms with Gasteiger partial charge in [-0.05, 0) is 43.6 Å². The van der Waals surface area contributed by atoms with E-state index in [4.69, 9.17) is 0 Å². The lowest BCUT2D eigenvalue weighted by Crippen LogP contribution is -2.22. The van der Waals surface area contributed by atoms with Crippen molar-refractivity contribution in [3.05, 3.63) is 82.1 Å². The minimum Gasteiger partial charge on any atom is -0.346 e. The number of rotatable bonds is 9. The summed E-state index contributed by atoms with van der Waals surface area (Å²) in [6.45, 7) is 3.45. The maximum absolute atomic E-state index is 12.5. The van der Waals surface area contributed by atoms with Crippen molar-refractivity contribution in [1.82, 2.24) is 35.2 Å². The number of para-hydroxylation sites is 1. The maximum atomic E-state index is 12.5. The standard InChI is InChI=1S/C24H25N7OS2/c32-22(25-15-18-9-3-1-4-10-18)23-28-27-21(34-23)17-33-24-29-26-20(16-30-13-7-8-14-30)31(24)19-11-5-2-6-12-19/h1-6,9-12H,7-8,13-17H2,(H,25,32). The van der Waals surface area contributed by atoms with Crippen LogP contribution in [0.15, 0.2) is 65.8 Å². The molecule has 0 bridgehead atoms. The summed E-state index contributed by atoms with van der Waals surface area (Å²) in [5.74, 6) is 1.30. The monoisotopic (exact) mass is 491 g/mol. The second-order valence-electron chi connectivity index (χ2n) is 8.01. The molecule has 174 valence electrons. The Balaban J connectivity index is 1.25. The van der Waals surface area contributed by atoms with E-state index in [0.717, 1.165) is 46.9 Å². The molecule has 0 aliphatic carbocycles. The molecule has 10 heteroatoms. The van der Waals surface area contributed by atoms with Crippen molar-refractivity contribution in [3.63, 3.8) is 0 Å². The fourth-order valence-electron chi connectivity index (χ4n) is 3.86. The van der Waals surface area contributed by atoms with Crippen LogP contribution in [0.3, 0.4) is 0 Å². The second kappa shape index (κ2) is 10.9. The molecule has 0 saturated carbocycles. The van der Waals surface area contributed by atoms with Crippen LogP contribution in [0, 0.1) is 0 Å². The zero-order valence-electron chi connectivity index (χ0n) is 18.6. The Hall–Kier alpha value is -3.08. The van der Waals surface area contributed by atoms with Gasteiger partial charge in [-0.25, -0.2) is 0 Å². The van der Waals surface area contributed by atoms with Crippen LogP contribution in [0.25, 0.3) is 5.69 Å². The average molecular weight is 492 g/mol. The average Bonchev–Trinajstić information content (AvgIpc) is 3.64. The van der Waals surface area contributed by atoms with Crippen LogP contribution < -0.4 is 5.32 Å². The minimum atomic E-state index is -0.210. The molecule has 1 amide bonds. The van der Waals surface area contributed by atoms with Crippen molar-refractivity contribution in [2.75, 3.05) is 13.1 Å². The molecule has 8 nitrogen and oxygen atoms in total. The van der Waals surface area contributed by atoms with Gasteiger partial charge in [0.15, 0.2) is 11.0 Å². The second-order valence-corrected chi connectivity index (χ2v) is 10.0. The topological polar surface area (TPSA) is 88.8 Å². The van der Waals surface area contributed by atoms with Crippen LogP contribution >= 0.6 is 23.1 Å². The van der Waals surface area contributed by atoms with Gasteiger partial charge in [0.05, 0.1) is 12.3 Å². The summed E-state index contributed by atoms with van der Waals surface area (Å²) in [5.41, 5.74) is 2.09. The number of likely N-dealkylation sites (tertiary alicyclic amines) is 1. The largest absolute Gasteiger partial charge is 0.346 e. The summed E-state index contributed by atoms with van der Waals surface area (Å²) in [5, 5.41) is 22.2. The van der Waals surface area contributed by atoms with E-state index in [1.54, 1.807) is 11.8 Å². The first-order valence-electron chi connectivity index (χ1n) is 11.3. The molecule has 0 radical (unpaired) electrons. The first-order valence-corrected chi connectivity index (χ1v) is 13.1. The molecule has 1 aliphatic rings. The van der Waals surface area contributed by atoms with Crippen LogP contribution in [-0.4, -0.2) is 48.9 Å². The van der Waals surface area contributed by atoms with Gasteiger partial charge in [0.25, 0.3) is 5.91 Å². The molecule has 1 fully saturated rings.